The normalized spacial score (nSPS) is 12.4. The summed E-state index contributed by atoms with van der Waals surface area (Å²) in [5.74, 6) is 0. The van der Waals surface area contributed by atoms with Gasteiger partial charge in [-0.25, -0.2) is 8.42 Å². The van der Waals surface area contributed by atoms with E-state index in [4.69, 9.17) is 23.2 Å². The van der Waals surface area contributed by atoms with Crippen molar-refractivity contribution in [3.8, 4) is 0 Å². The van der Waals surface area contributed by atoms with Gasteiger partial charge in [-0.05, 0) is 32.5 Å². The average Bonchev–Trinajstić information content (AvgIpc) is 2.37. The van der Waals surface area contributed by atoms with Crippen LogP contribution in [0.15, 0.2) is 17.0 Å². The molecule has 1 aromatic rings. The Morgan fingerprint density at radius 1 is 1.30 bits per heavy atom. The van der Waals surface area contributed by atoms with Crippen LogP contribution in [-0.2, 0) is 16.6 Å². The highest BCUT2D eigenvalue weighted by atomic mass is 35.5. The molecule has 0 bridgehead atoms. The van der Waals surface area contributed by atoms with E-state index in [0.717, 1.165) is 6.54 Å². The Hall–Kier alpha value is -0.330. The number of benzene rings is 1. The van der Waals surface area contributed by atoms with E-state index in [0.29, 0.717) is 17.1 Å². The van der Waals surface area contributed by atoms with Crippen molar-refractivity contribution in [1.29, 1.82) is 0 Å². The van der Waals surface area contributed by atoms with Gasteiger partial charge in [0.25, 0.3) is 0 Å². The summed E-state index contributed by atoms with van der Waals surface area (Å²) in [7, 11) is -2.08. The minimum atomic E-state index is -3.62. The zero-order valence-corrected chi connectivity index (χ0v) is 14.4. The molecule has 0 amide bonds. The van der Waals surface area contributed by atoms with Crippen molar-refractivity contribution in [3.05, 3.63) is 27.7 Å². The summed E-state index contributed by atoms with van der Waals surface area (Å²) in [6.07, 6.45) is 0. The second-order valence-electron chi connectivity index (χ2n) is 4.73. The fraction of sp³-hybridized carbons (Fsp3) is 0.538. The molecule has 1 aromatic carbocycles. The first kappa shape index (κ1) is 17.7. The molecule has 0 aliphatic rings. The SMILES string of the molecule is CCNCc1c(Cl)ccc(S(=O)(=O)N(C)C(C)C)c1Cl. The standard InChI is InChI=1S/C13H20Cl2N2O2S/c1-5-16-8-10-11(14)6-7-12(13(10)15)20(18,19)17(4)9(2)3/h6-7,9,16H,5,8H2,1-4H3. The smallest absolute Gasteiger partial charge is 0.244 e. The molecule has 0 saturated heterocycles. The molecule has 7 heteroatoms. The van der Waals surface area contributed by atoms with E-state index in [9.17, 15) is 8.42 Å². The van der Waals surface area contributed by atoms with E-state index in [1.165, 1.54) is 17.4 Å². The maximum atomic E-state index is 12.5. The summed E-state index contributed by atoms with van der Waals surface area (Å²) < 4.78 is 26.3. The van der Waals surface area contributed by atoms with Crippen LogP contribution in [0.2, 0.25) is 10.0 Å². The summed E-state index contributed by atoms with van der Waals surface area (Å²) in [4.78, 5) is 0.0904. The van der Waals surface area contributed by atoms with Crippen LogP contribution < -0.4 is 5.32 Å². The fourth-order valence-corrected chi connectivity index (χ4v) is 3.87. The molecule has 4 nitrogen and oxygen atoms in total. The summed E-state index contributed by atoms with van der Waals surface area (Å²) in [5, 5.41) is 3.75. The maximum absolute atomic E-state index is 12.5. The number of nitrogens with zero attached hydrogens (tertiary/aromatic N) is 1. The van der Waals surface area contributed by atoms with Crippen molar-refractivity contribution >= 4 is 33.2 Å². The summed E-state index contributed by atoms with van der Waals surface area (Å²) >= 11 is 12.3. The quantitative estimate of drug-likeness (QED) is 0.866. The number of rotatable bonds is 6. The molecule has 0 fully saturated rings. The molecule has 20 heavy (non-hydrogen) atoms. The van der Waals surface area contributed by atoms with Gasteiger partial charge in [-0.1, -0.05) is 30.1 Å². The lowest BCUT2D eigenvalue weighted by Crippen LogP contribution is -2.33. The molecule has 0 aromatic heterocycles. The number of nitrogens with one attached hydrogen (secondary N) is 1. The fourth-order valence-electron chi connectivity index (χ4n) is 1.62. The second-order valence-corrected chi connectivity index (χ2v) is 7.48. The lowest BCUT2D eigenvalue weighted by atomic mass is 10.2. The van der Waals surface area contributed by atoms with Crippen molar-refractivity contribution in [2.75, 3.05) is 13.6 Å². The van der Waals surface area contributed by atoms with Crippen LogP contribution in [0, 0.1) is 0 Å². The molecule has 0 saturated carbocycles. The van der Waals surface area contributed by atoms with Crippen LogP contribution in [0.5, 0.6) is 0 Å². The molecular weight excluding hydrogens is 319 g/mol. The van der Waals surface area contributed by atoms with Crippen LogP contribution in [0.4, 0.5) is 0 Å². The van der Waals surface area contributed by atoms with Gasteiger partial charge in [0.2, 0.25) is 10.0 Å². The Bertz CT molecular complexity index is 574. The molecule has 1 rings (SSSR count). The van der Waals surface area contributed by atoms with Gasteiger partial charge in [0.05, 0.1) is 5.02 Å². The lowest BCUT2D eigenvalue weighted by molar-refractivity contribution is 0.410. The Morgan fingerprint density at radius 3 is 2.40 bits per heavy atom. The number of hydrogen-bond donors (Lipinski definition) is 1. The number of sulfonamides is 1. The molecule has 1 N–H and O–H groups in total. The molecule has 0 aliphatic carbocycles. The van der Waals surface area contributed by atoms with E-state index in [2.05, 4.69) is 5.32 Å². The Labute approximate surface area is 131 Å². The van der Waals surface area contributed by atoms with Crippen LogP contribution in [0.3, 0.4) is 0 Å². The van der Waals surface area contributed by atoms with Crippen LogP contribution in [0.25, 0.3) is 0 Å². The minimum Gasteiger partial charge on any atom is -0.313 e. The van der Waals surface area contributed by atoms with Crippen molar-refractivity contribution in [2.24, 2.45) is 0 Å². The molecule has 0 aliphatic heterocycles. The predicted octanol–water partition coefficient (Wildman–Crippen LogP) is 3.13. The van der Waals surface area contributed by atoms with E-state index >= 15 is 0 Å². The van der Waals surface area contributed by atoms with Crippen molar-refractivity contribution in [1.82, 2.24) is 9.62 Å². The Morgan fingerprint density at radius 2 is 1.90 bits per heavy atom. The van der Waals surface area contributed by atoms with Gasteiger partial charge in [0.15, 0.2) is 0 Å². The second kappa shape index (κ2) is 7.09. The molecule has 0 radical (unpaired) electrons. The largest absolute Gasteiger partial charge is 0.313 e. The molecule has 114 valence electrons. The number of halogens is 2. The first-order valence-corrected chi connectivity index (χ1v) is 8.58. The minimum absolute atomic E-state index is 0.0904. The molecule has 0 atom stereocenters. The van der Waals surface area contributed by atoms with Gasteiger partial charge < -0.3 is 5.32 Å². The Balaban J connectivity index is 3.33. The Kier molecular flexibility index (Phi) is 6.28. The van der Waals surface area contributed by atoms with Crippen molar-refractivity contribution in [3.63, 3.8) is 0 Å². The van der Waals surface area contributed by atoms with Gasteiger partial charge in [0.1, 0.15) is 4.90 Å². The number of hydrogen-bond acceptors (Lipinski definition) is 3. The van der Waals surface area contributed by atoms with Gasteiger partial charge in [0, 0.05) is 30.2 Å². The van der Waals surface area contributed by atoms with Gasteiger partial charge in [-0.3, -0.25) is 0 Å². The monoisotopic (exact) mass is 338 g/mol. The zero-order chi connectivity index (χ0) is 15.5. The van der Waals surface area contributed by atoms with Gasteiger partial charge >= 0.3 is 0 Å². The zero-order valence-electron chi connectivity index (χ0n) is 12.1. The highest BCUT2D eigenvalue weighted by molar-refractivity contribution is 7.89. The average molecular weight is 339 g/mol. The third-order valence-corrected chi connectivity index (χ3v) is 6.06. The maximum Gasteiger partial charge on any atom is 0.244 e. The van der Waals surface area contributed by atoms with E-state index in [1.54, 1.807) is 19.9 Å². The first-order chi connectivity index (χ1) is 9.23. The lowest BCUT2D eigenvalue weighted by Gasteiger charge is -2.22. The van der Waals surface area contributed by atoms with Crippen LogP contribution in [-0.4, -0.2) is 32.4 Å². The van der Waals surface area contributed by atoms with Crippen LogP contribution >= 0.6 is 23.2 Å². The highest BCUT2D eigenvalue weighted by Crippen LogP contribution is 2.32. The van der Waals surface area contributed by atoms with Crippen molar-refractivity contribution in [2.45, 2.75) is 38.3 Å². The van der Waals surface area contributed by atoms with E-state index in [-0.39, 0.29) is 16.0 Å². The van der Waals surface area contributed by atoms with E-state index < -0.39 is 10.0 Å². The van der Waals surface area contributed by atoms with Gasteiger partial charge in [-0.15, -0.1) is 0 Å². The summed E-state index contributed by atoms with van der Waals surface area (Å²) in [6.45, 7) is 6.75. The van der Waals surface area contributed by atoms with Gasteiger partial charge in [-0.2, -0.15) is 4.31 Å². The molecular formula is C13H20Cl2N2O2S. The summed E-state index contributed by atoms with van der Waals surface area (Å²) in [5.41, 5.74) is 0.605. The third kappa shape index (κ3) is 3.65. The van der Waals surface area contributed by atoms with Crippen molar-refractivity contribution < 1.29 is 8.42 Å². The molecule has 0 unspecified atom stereocenters. The highest BCUT2D eigenvalue weighted by Gasteiger charge is 2.27. The topological polar surface area (TPSA) is 49.4 Å². The molecule has 0 heterocycles. The third-order valence-electron chi connectivity index (χ3n) is 3.09. The first-order valence-electron chi connectivity index (χ1n) is 6.39. The summed E-state index contributed by atoms with van der Waals surface area (Å²) in [6, 6.07) is 2.87. The van der Waals surface area contributed by atoms with Crippen LogP contribution in [0.1, 0.15) is 26.3 Å². The van der Waals surface area contributed by atoms with E-state index in [1.807, 2.05) is 6.92 Å². The molecule has 0 spiro atoms. The predicted molar refractivity (Wildman–Crippen MR) is 83.9 cm³/mol.